The first-order chi connectivity index (χ1) is 7.25. The highest BCUT2D eigenvalue weighted by molar-refractivity contribution is 5.69. The fourth-order valence-electron chi connectivity index (χ4n) is 3.07. The third-order valence-electron chi connectivity index (χ3n) is 3.90. The number of carboxylic acid groups (broad SMARTS) is 1. The van der Waals surface area contributed by atoms with Crippen molar-refractivity contribution in [2.75, 3.05) is 6.61 Å². The number of carboxylic acids is 1. The molecule has 0 amide bonds. The normalized spacial score (nSPS) is 31.1. The van der Waals surface area contributed by atoms with Crippen molar-refractivity contribution in [3.8, 4) is 0 Å². The van der Waals surface area contributed by atoms with Crippen LogP contribution in [0.3, 0.4) is 0 Å². The molecule has 0 aromatic carbocycles. The van der Waals surface area contributed by atoms with E-state index in [0.29, 0.717) is 0 Å². The van der Waals surface area contributed by atoms with Gasteiger partial charge in [0.2, 0.25) is 0 Å². The average molecular weight is 211 g/mol. The number of aliphatic carboxylic acids is 1. The standard InChI is InChI=1S/C12H20O3/c13-11(14)10-6-2-5-9-15-12(10)7-3-1-4-8-12/h10H,1-9H2,(H,13,14)/p-1. The molecule has 1 aliphatic heterocycles. The summed E-state index contributed by atoms with van der Waals surface area (Å²) in [5.74, 6) is -1.28. The van der Waals surface area contributed by atoms with Gasteiger partial charge in [-0.1, -0.05) is 25.7 Å². The van der Waals surface area contributed by atoms with Crippen molar-refractivity contribution >= 4 is 5.97 Å². The van der Waals surface area contributed by atoms with Crippen LogP contribution in [0.4, 0.5) is 0 Å². The first kappa shape index (κ1) is 10.9. The van der Waals surface area contributed by atoms with Gasteiger partial charge < -0.3 is 14.6 Å². The van der Waals surface area contributed by atoms with Crippen LogP contribution in [0.15, 0.2) is 0 Å². The van der Waals surface area contributed by atoms with Crippen LogP contribution >= 0.6 is 0 Å². The minimum atomic E-state index is -0.904. The highest BCUT2D eigenvalue weighted by Crippen LogP contribution is 2.41. The molecule has 1 aliphatic carbocycles. The van der Waals surface area contributed by atoms with Gasteiger partial charge in [-0.05, 0) is 25.7 Å². The summed E-state index contributed by atoms with van der Waals surface area (Å²) in [5.41, 5.74) is -0.381. The Labute approximate surface area is 90.8 Å². The molecule has 0 bridgehead atoms. The average Bonchev–Trinajstić information content (AvgIpc) is 2.42. The molecular weight excluding hydrogens is 192 g/mol. The van der Waals surface area contributed by atoms with E-state index in [1.54, 1.807) is 0 Å². The van der Waals surface area contributed by atoms with Crippen LogP contribution < -0.4 is 5.11 Å². The fourth-order valence-corrected chi connectivity index (χ4v) is 3.07. The van der Waals surface area contributed by atoms with E-state index in [2.05, 4.69) is 0 Å². The minimum absolute atomic E-state index is 0.375. The quantitative estimate of drug-likeness (QED) is 0.656. The number of rotatable bonds is 1. The van der Waals surface area contributed by atoms with Gasteiger partial charge >= 0.3 is 0 Å². The number of carbonyl (C=O) groups excluding carboxylic acids is 1. The lowest BCUT2D eigenvalue weighted by molar-refractivity contribution is -0.319. The Morgan fingerprint density at radius 1 is 1.13 bits per heavy atom. The largest absolute Gasteiger partial charge is 0.550 e. The molecule has 0 N–H and O–H groups in total. The van der Waals surface area contributed by atoms with Gasteiger partial charge in [-0.25, -0.2) is 0 Å². The van der Waals surface area contributed by atoms with Crippen molar-refractivity contribution in [1.82, 2.24) is 0 Å². The van der Waals surface area contributed by atoms with Gasteiger partial charge in [0.1, 0.15) is 0 Å². The van der Waals surface area contributed by atoms with E-state index in [1.165, 1.54) is 6.42 Å². The molecule has 1 unspecified atom stereocenters. The predicted octanol–water partition coefficient (Wildman–Crippen LogP) is 1.26. The summed E-state index contributed by atoms with van der Waals surface area (Å²) in [6.45, 7) is 0.726. The van der Waals surface area contributed by atoms with Crippen molar-refractivity contribution in [2.24, 2.45) is 5.92 Å². The first-order valence-electron chi connectivity index (χ1n) is 6.09. The predicted molar refractivity (Wildman–Crippen MR) is 54.1 cm³/mol. The summed E-state index contributed by atoms with van der Waals surface area (Å²) in [6.07, 6.45) is 7.92. The Morgan fingerprint density at radius 3 is 2.53 bits per heavy atom. The van der Waals surface area contributed by atoms with E-state index in [-0.39, 0.29) is 11.5 Å². The van der Waals surface area contributed by atoms with Gasteiger partial charge in [-0.2, -0.15) is 0 Å². The Hall–Kier alpha value is -0.570. The molecule has 2 rings (SSSR count). The highest BCUT2D eigenvalue weighted by atomic mass is 16.5. The van der Waals surface area contributed by atoms with Crippen LogP contribution in [0.5, 0.6) is 0 Å². The van der Waals surface area contributed by atoms with Crippen LogP contribution in [0.2, 0.25) is 0 Å². The third kappa shape index (κ3) is 2.17. The lowest BCUT2D eigenvalue weighted by atomic mass is 9.74. The van der Waals surface area contributed by atoms with E-state index in [9.17, 15) is 9.90 Å². The maximum atomic E-state index is 11.2. The molecule has 0 aromatic heterocycles. The maximum absolute atomic E-state index is 11.2. The molecule has 1 atom stereocenters. The van der Waals surface area contributed by atoms with Crippen molar-refractivity contribution in [3.63, 3.8) is 0 Å². The molecule has 1 saturated carbocycles. The number of carbonyl (C=O) groups is 1. The summed E-state index contributed by atoms with van der Waals surface area (Å²) in [7, 11) is 0. The van der Waals surface area contributed by atoms with E-state index in [1.807, 2.05) is 0 Å². The number of hydrogen-bond acceptors (Lipinski definition) is 3. The maximum Gasteiger partial charge on any atom is 0.0762 e. The molecule has 3 nitrogen and oxygen atoms in total. The number of hydrogen-bond donors (Lipinski definition) is 0. The van der Waals surface area contributed by atoms with Gasteiger partial charge in [0.05, 0.1) is 5.60 Å². The lowest BCUT2D eigenvalue weighted by Crippen LogP contribution is -2.50. The number of ether oxygens (including phenoxy) is 1. The molecule has 2 aliphatic rings. The molecule has 86 valence electrons. The lowest BCUT2D eigenvalue weighted by Gasteiger charge is -2.42. The summed E-state index contributed by atoms with van der Waals surface area (Å²) in [4.78, 5) is 11.2. The van der Waals surface area contributed by atoms with Crippen LogP contribution in [-0.2, 0) is 9.53 Å². The molecule has 1 heterocycles. The Kier molecular flexibility index (Phi) is 3.29. The van der Waals surface area contributed by atoms with Crippen molar-refractivity contribution < 1.29 is 14.6 Å². The van der Waals surface area contributed by atoms with Gasteiger partial charge in [0.15, 0.2) is 0 Å². The Balaban J connectivity index is 2.17. The molecule has 2 fully saturated rings. The van der Waals surface area contributed by atoms with Crippen LogP contribution in [0.1, 0.15) is 51.4 Å². The molecule has 3 heteroatoms. The monoisotopic (exact) mass is 211 g/mol. The third-order valence-corrected chi connectivity index (χ3v) is 3.90. The molecule has 15 heavy (non-hydrogen) atoms. The smallest absolute Gasteiger partial charge is 0.0762 e. The van der Waals surface area contributed by atoms with Crippen molar-refractivity contribution in [2.45, 2.75) is 57.0 Å². The minimum Gasteiger partial charge on any atom is -0.550 e. The van der Waals surface area contributed by atoms with E-state index in [0.717, 1.165) is 51.6 Å². The second-order valence-electron chi connectivity index (χ2n) is 4.84. The first-order valence-corrected chi connectivity index (χ1v) is 6.09. The van der Waals surface area contributed by atoms with Crippen LogP contribution in [0, 0.1) is 5.92 Å². The topological polar surface area (TPSA) is 49.4 Å². The molecule has 0 radical (unpaired) electrons. The van der Waals surface area contributed by atoms with Crippen molar-refractivity contribution in [3.05, 3.63) is 0 Å². The second-order valence-corrected chi connectivity index (χ2v) is 4.84. The Bertz CT molecular complexity index is 231. The summed E-state index contributed by atoms with van der Waals surface area (Å²) in [5, 5.41) is 11.2. The molecule has 1 saturated heterocycles. The van der Waals surface area contributed by atoms with E-state index >= 15 is 0 Å². The highest BCUT2D eigenvalue weighted by Gasteiger charge is 2.42. The molecule has 1 spiro atoms. The summed E-state index contributed by atoms with van der Waals surface area (Å²) < 4.78 is 5.88. The van der Waals surface area contributed by atoms with Crippen LogP contribution in [-0.4, -0.2) is 18.2 Å². The SMILES string of the molecule is O=C([O-])C1CCCCOC12CCCCC2. The summed E-state index contributed by atoms with van der Waals surface area (Å²) in [6, 6.07) is 0. The van der Waals surface area contributed by atoms with E-state index in [4.69, 9.17) is 4.74 Å². The van der Waals surface area contributed by atoms with Gasteiger partial charge in [0.25, 0.3) is 0 Å². The zero-order valence-electron chi connectivity index (χ0n) is 9.17. The van der Waals surface area contributed by atoms with Crippen LogP contribution in [0.25, 0.3) is 0 Å². The van der Waals surface area contributed by atoms with Gasteiger partial charge in [-0.15, -0.1) is 0 Å². The van der Waals surface area contributed by atoms with E-state index < -0.39 is 5.97 Å². The second kappa shape index (κ2) is 4.52. The zero-order chi connectivity index (χ0) is 10.7. The fraction of sp³-hybridized carbons (Fsp3) is 0.917. The van der Waals surface area contributed by atoms with Gasteiger partial charge in [-0.3, -0.25) is 0 Å². The summed E-state index contributed by atoms with van der Waals surface area (Å²) >= 11 is 0. The van der Waals surface area contributed by atoms with Crippen molar-refractivity contribution in [1.29, 1.82) is 0 Å². The zero-order valence-corrected chi connectivity index (χ0v) is 9.17. The molecule has 0 aromatic rings. The Morgan fingerprint density at radius 2 is 1.87 bits per heavy atom. The molecular formula is C12H19O3-. The van der Waals surface area contributed by atoms with Gasteiger partial charge in [0, 0.05) is 18.5 Å².